The van der Waals surface area contributed by atoms with Gasteiger partial charge in [0, 0.05) is 44.5 Å². The summed E-state index contributed by atoms with van der Waals surface area (Å²) in [6.07, 6.45) is 6.10. The zero-order chi connectivity index (χ0) is 30.1. The highest BCUT2D eigenvalue weighted by Crippen LogP contribution is 2.37. The number of nitrogens with one attached hydrogen (secondary N) is 1. The van der Waals surface area contributed by atoms with Crippen molar-refractivity contribution in [2.75, 3.05) is 43.5 Å². The summed E-state index contributed by atoms with van der Waals surface area (Å²) in [6.45, 7) is 9.67. The lowest BCUT2D eigenvalue weighted by atomic mass is 10.1. The molecular weight excluding hydrogens is 552 g/mol. The van der Waals surface area contributed by atoms with Crippen molar-refractivity contribution >= 4 is 40.2 Å². The van der Waals surface area contributed by atoms with Crippen LogP contribution >= 0.6 is 0 Å². The van der Waals surface area contributed by atoms with Gasteiger partial charge in [-0.05, 0) is 45.4 Å². The van der Waals surface area contributed by atoms with Gasteiger partial charge >= 0.3 is 6.09 Å². The number of carbonyl (C=O) groups is 1. The fraction of sp³-hybridized carbons (Fsp3) is 0.345. The number of aryl methyl sites for hydroxylation is 1. The first-order valence-corrected chi connectivity index (χ1v) is 13.8. The van der Waals surface area contributed by atoms with Crippen molar-refractivity contribution in [2.45, 2.75) is 33.3 Å². The van der Waals surface area contributed by atoms with E-state index in [1.165, 1.54) is 12.7 Å². The second kappa shape index (κ2) is 11.2. The minimum Gasteiger partial charge on any atom is -0.494 e. The van der Waals surface area contributed by atoms with Gasteiger partial charge in [0.1, 0.15) is 46.5 Å². The summed E-state index contributed by atoms with van der Waals surface area (Å²) in [5.41, 5.74) is 2.85. The largest absolute Gasteiger partial charge is 0.494 e. The number of pyridine rings is 1. The Bertz CT molecular complexity index is 1790. The van der Waals surface area contributed by atoms with Crippen LogP contribution in [0.1, 0.15) is 26.3 Å². The Kier molecular flexibility index (Phi) is 7.26. The van der Waals surface area contributed by atoms with Crippen molar-refractivity contribution in [1.82, 2.24) is 39.4 Å². The molecule has 0 bridgehead atoms. The highest BCUT2D eigenvalue weighted by molar-refractivity contribution is 5.88. The second-order valence-electron chi connectivity index (χ2n) is 11.1. The Morgan fingerprint density at radius 1 is 0.977 bits per heavy atom. The van der Waals surface area contributed by atoms with Crippen LogP contribution in [-0.4, -0.2) is 84.4 Å². The van der Waals surface area contributed by atoms with Crippen LogP contribution in [0.4, 0.5) is 22.2 Å². The number of carbonyl (C=O) groups excluding carboxylic acids is 1. The SMILES string of the molecule is COc1cc(Oc2ccn3ncnc3c2)c(C)cc1Nc1ncnc2cnc(N3CCN(C(=O)OC(C)(C)C)CC3)nc12. The molecular formula is C29H32N10O4. The molecule has 0 spiro atoms. The molecule has 1 fully saturated rings. The van der Waals surface area contributed by atoms with E-state index < -0.39 is 5.60 Å². The molecule has 14 nitrogen and oxygen atoms in total. The number of methoxy groups -OCH3 is 1. The normalized spacial score (nSPS) is 13.8. The standard InChI is InChI=1S/C29H32N10O4/c1-18-12-20(23(41-5)14-22(18)42-19-6-7-39-24(13-19)32-17-34-39)35-26-25-21(31-16-33-26)15-30-27(36-25)37-8-10-38(11-9-37)28(40)43-29(2,3)4/h6-7,12-17H,8-11H2,1-5H3,(H,31,33,35). The van der Waals surface area contributed by atoms with Gasteiger partial charge in [-0.15, -0.1) is 0 Å². The molecule has 222 valence electrons. The molecule has 1 saturated heterocycles. The topological polar surface area (TPSA) is 145 Å². The average Bonchev–Trinajstić information content (AvgIpc) is 3.46. The summed E-state index contributed by atoms with van der Waals surface area (Å²) in [7, 11) is 1.59. The van der Waals surface area contributed by atoms with Crippen LogP contribution in [-0.2, 0) is 4.74 Å². The van der Waals surface area contributed by atoms with Crippen molar-refractivity contribution in [2.24, 2.45) is 0 Å². The number of nitrogens with zero attached hydrogens (tertiary/aromatic N) is 9. The Hall–Kier alpha value is -5.27. The van der Waals surface area contributed by atoms with Crippen LogP contribution in [0.25, 0.3) is 16.7 Å². The van der Waals surface area contributed by atoms with E-state index in [2.05, 4.69) is 30.4 Å². The number of anilines is 3. The first-order valence-electron chi connectivity index (χ1n) is 13.8. The fourth-order valence-electron chi connectivity index (χ4n) is 4.66. The number of ether oxygens (including phenoxy) is 3. The van der Waals surface area contributed by atoms with Crippen LogP contribution in [0.5, 0.6) is 17.2 Å². The first-order chi connectivity index (χ1) is 20.7. The first kappa shape index (κ1) is 27.9. The van der Waals surface area contributed by atoms with Gasteiger partial charge in [0.05, 0.1) is 19.0 Å². The summed E-state index contributed by atoms with van der Waals surface area (Å²) < 4.78 is 19.0. The van der Waals surface area contributed by atoms with Gasteiger partial charge in [0.2, 0.25) is 5.95 Å². The van der Waals surface area contributed by atoms with E-state index in [0.717, 1.165) is 5.56 Å². The predicted octanol–water partition coefficient (Wildman–Crippen LogP) is 4.37. The van der Waals surface area contributed by atoms with Gasteiger partial charge in [0.15, 0.2) is 11.5 Å². The van der Waals surface area contributed by atoms with Gasteiger partial charge in [0.25, 0.3) is 0 Å². The van der Waals surface area contributed by atoms with Gasteiger partial charge < -0.3 is 29.3 Å². The van der Waals surface area contributed by atoms with Crippen molar-refractivity contribution in [1.29, 1.82) is 0 Å². The van der Waals surface area contributed by atoms with E-state index in [9.17, 15) is 4.79 Å². The molecule has 0 radical (unpaired) electrons. The fourth-order valence-corrected chi connectivity index (χ4v) is 4.66. The molecule has 1 amide bonds. The molecule has 1 aromatic carbocycles. The van der Waals surface area contributed by atoms with Crippen LogP contribution in [0.3, 0.4) is 0 Å². The zero-order valence-electron chi connectivity index (χ0n) is 24.6. The summed E-state index contributed by atoms with van der Waals surface area (Å²) >= 11 is 0. The Balaban J connectivity index is 1.22. The number of aromatic nitrogens is 7. The zero-order valence-corrected chi connectivity index (χ0v) is 24.6. The molecule has 1 N–H and O–H groups in total. The molecule has 6 rings (SSSR count). The molecule has 1 aliphatic rings. The van der Waals surface area contributed by atoms with Crippen molar-refractivity contribution in [3.8, 4) is 17.2 Å². The monoisotopic (exact) mass is 584 g/mol. The van der Waals surface area contributed by atoms with E-state index >= 15 is 0 Å². The molecule has 0 saturated carbocycles. The summed E-state index contributed by atoms with van der Waals surface area (Å²) in [5, 5.41) is 7.48. The lowest BCUT2D eigenvalue weighted by Gasteiger charge is -2.35. The van der Waals surface area contributed by atoms with Gasteiger partial charge in [-0.1, -0.05) is 0 Å². The van der Waals surface area contributed by atoms with E-state index in [1.807, 2.05) is 56.9 Å². The molecule has 1 aliphatic heterocycles. The Labute approximate surface area is 247 Å². The second-order valence-corrected chi connectivity index (χ2v) is 11.1. The van der Waals surface area contributed by atoms with E-state index in [0.29, 0.717) is 77.6 Å². The third kappa shape index (κ3) is 6.03. The molecule has 0 unspecified atom stereocenters. The average molecular weight is 585 g/mol. The molecule has 14 heteroatoms. The number of hydrogen-bond donors (Lipinski definition) is 1. The minimum absolute atomic E-state index is 0.316. The third-order valence-electron chi connectivity index (χ3n) is 6.81. The number of fused-ring (bicyclic) bond motifs is 2. The maximum atomic E-state index is 12.5. The van der Waals surface area contributed by atoms with Crippen LogP contribution < -0.4 is 19.7 Å². The number of amides is 1. The summed E-state index contributed by atoms with van der Waals surface area (Å²) in [5.74, 6) is 2.86. The van der Waals surface area contributed by atoms with E-state index in [4.69, 9.17) is 19.2 Å². The molecule has 0 atom stereocenters. The number of piperazine rings is 1. The lowest BCUT2D eigenvalue weighted by Crippen LogP contribution is -2.50. The highest BCUT2D eigenvalue weighted by atomic mass is 16.6. The van der Waals surface area contributed by atoms with Gasteiger partial charge in [-0.25, -0.2) is 34.2 Å². The smallest absolute Gasteiger partial charge is 0.410 e. The van der Waals surface area contributed by atoms with Gasteiger partial charge in [-0.2, -0.15) is 5.10 Å². The van der Waals surface area contributed by atoms with E-state index in [-0.39, 0.29) is 6.09 Å². The minimum atomic E-state index is -0.541. The van der Waals surface area contributed by atoms with Crippen LogP contribution in [0.15, 0.2) is 49.3 Å². The maximum absolute atomic E-state index is 12.5. The maximum Gasteiger partial charge on any atom is 0.410 e. The molecule has 5 heterocycles. The summed E-state index contributed by atoms with van der Waals surface area (Å²) in [6, 6.07) is 7.38. The number of hydrogen-bond acceptors (Lipinski definition) is 12. The van der Waals surface area contributed by atoms with Crippen LogP contribution in [0.2, 0.25) is 0 Å². The van der Waals surface area contributed by atoms with E-state index in [1.54, 1.807) is 28.9 Å². The molecule has 4 aromatic heterocycles. The number of rotatable bonds is 6. The Morgan fingerprint density at radius 2 is 1.79 bits per heavy atom. The number of benzene rings is 1. The lowest BCUT2D eigenvalue weighted by molar-refractivity contribution is 0.0240. The molecule has 0 aliphatic carbocycles. The van der Waals surface area contributed by atoms with Crippen LogP contribution in [0, 0.1) is 6.92 Å². The van der Waals surface area contributed by atoms with Crippen molar-refractivity contribution in [3.05, 3.63) is 54.9 Å². The van der Waals surface area contributed by atoms with Crippen molar-refractivity contribution < 1.29 is 19.0 Å². The Morgan fingerprint density at radius 3 is 2.56 bits per heavy atom. The molecule has 43 heavy (non-hydrogen) atoms. The predicted molar refractivity (Wildman–Crippen MR) is 159 cm³/mol. The van der Waals surface area contributed by atoms with Gasteiger partial charge in [-0.3, -0.25) is 0 Å². The third-order valence-corrected chi connectivity index (χ3v) is 6.81. The summed E-state index contributed by atoms with van der Waals surface area (Å²) in [4.78, 5) is 38.6. The van der Waals surface area contributed by atoms with Crippen molar-refractivity contribution in [3.63, 3.8) is 0 Å². The highest BCUT2D eigenvalue weighted by Gasteiger charge is 2.27. The molecule has 5 aromatic rings. The quantitative estimate of drug-likeness (QED) is 0.302.